The number of carbonyl (C=O) groups excluding carboxylic acids is 10. The number of ether oxygens (including phenoxy) is 3. The lowest BCUT2D eigenvalue weighted by molar-refractivity contribution is -0.485. The van der Waals surface area contributed by atoms with Crippen molar-refractivity contribution in [2.75, 3.05) is 52.5 Å². The number of ketones is 2. The van der Waals surface area contributed by atoms with Crippen LogP contribution in [-0.4, -0.2) is 161 Å². The van der Waals surface area contributed by atoms with Crippen LogP contribution in [-0.2, 0) is 82.4 Å². The van der Waals surface area contributed by atoms with Crippen LogP contribution in [0.15, 0.2) is 35.4 Å². The highest BCUT2D eigenvalue weighted by molar-refractivity contribution is 7.47. The molecule has 3 rings (SSSR count). The summed E-state index contributed by atoms with van der Waals surface area (Å²) in [6.45, 7) is 8.43. The Morgan fingerprint density at radius 3 is 1.66 bits per heavy atom. The molecule has 28 nitrogen and oxygen atoms in total. The smallest absolute Gasteiger partial charge is 0.462 e. The molecule has 2 saturated heterocycles. The summed E-state index contributed by atoms with van der Waals surface area (Å²) in [4.78, 5) is 160. The van der Waals surface area contributed by atoms with Gasteiger partial charge in [-0.15, -0.1) is 0 Å². The number of phosphoric acid groups is 1. The van der Waals surface area contributed by atoms with Crippen molar-refractivity contribution in [2.24, 2.45) is 28.6 Å². The van der Waals surface area contributed by atoms with Gasteiger partial charge in [0.1, 0.15) is 24.4 Å². The second kappa shape index (κ2) is 59.8. The third-order valence-electron chi connectivity index (χ3n) is 20.3. The highest BCUT2D eigenvalue weighted by Gasteiger charge is 2.44. The number of amides is 5. The van der Waals surface area contributed by atoms with E-state index in [0.29, 0.717) is 51.4 Å². The Labute approximate surface area is 655 Å². The number of nitrogens with one attached hydrogen (secondary N) is 4. The van der Waals surface area contributed by atoms with Crippen LogP contribution in [0.1, 0.15) is 316 Å². The van der Waals surface area contributed by atoms with Gasteiger partial charge in [0, 0.05) is 70.6 Å². The van der Waals surface area contributed by atoms with Crippen molar-refractivity contribution in [3.05, 3.63) is 46.0 Å². The number of carbonyl (C=O) groups is 10. The van der Waals surface area contributed by atoms with Crippen molar-refractivity contribution >= 4 is 72.8 Å². The molecule has 0 radical (unpaired) electrons. The van der Waals surface area contributed by atoms with Gasteiger partial charge in [-0.25, -0.2) is 14.7 Å². The summed E-state index contributed by atoms with van der Waals surface area (Å²) in [5, 5.41) is 23.3. The molecule has 2 heterocycles. The van der Waals surface area contributed by atoms with E-state index in [0.717, 1.165) is 63.4 Å². The van der Waals surface area contributed by atoms with E-state index < -0.39 is 128 Å². The van der Waals surface area contributed by atoms with Gasteiger partial charge in [-0.1, -0.05) is 238 Å². The highest BCUT2D eigenvalue weighted by atomic mass is 31.2. The van der Waals surface area contributed by atoms with Crippen LogP contribution in [0.5, 0.6) is 0 Å². The third kappa shape index (κ3) is 45.0. The average molecular weight is 1570 g/mol. The number of phosphoric ester groups is 1. The van der Waals surface area contributed by atoms with E-state index >= 15 is 0 Å². The molecule has 2 aliphatic heterocycles. The number of hydrogen-bond acceptors (Lipinski definition) is 18. The lowest BCUT2D eigenvalue weighted by Crippen LogP contribution is -2.53. The van der Waals surface area contributed by atoms with E-state index in [2.05, 4.69) is 40.2 Å². The minimum absolute atomic E-state index is 0.0340. The molecule has 7 unspecified atom stereocenters. The summed E-state index contributed by atoms with van der Waals surface area (Å²) < 4.78 is 40.0. The molecule has 5 amide bonds. The summed E-state index contributed by atoms with van der Waals surface area (Å²) in [6.07, 6.45) is 33.2. The summed E-state index contributed by atoms with van der Waals surface area (Å²) in [6, 6.07) is 6.20. The normalized spacial score (nSPS) is 16.0. The fourth-order valence-electron chi connectivity index (χ4n) is 14.0. The van der Waals surface area contributed by atoms with Crippen LogP contribution in [0.3, 0.4) is 0 Å². The largest absolute Gasteiger partial charge is 0.472 e. The van der Waals surface area contributed by atoms with E-state index in [1.54, 1.807) is 38.1 Å². The second-order valence-electron chi connectivity index (χ2n) is 30.1. The minimum atomic E-state index is -4.76. The molecule has 1 aromatic carbocycles. The standard InChI is InChI=1S/C81H138N9O19P/c1-6-9-12-14-16-18-20-22-24-26-28-30-36-50-75(96)105-61-67(109-76(97)51-37-31-29-27-25-23-21-19-17-15-13-10-7-2)62-108-110(103,104)107-56-53-83-72(93)48-38-49-73(94)85-59-74(95)86-77(63(4)5)71(92)57-65(44-33-11-8-3)78(98)89-55-41-47-69(89)79(99)88-54-40-46-68(88)70(91)58-66(45-39-52-84-81(82)87-90(101)102)80(100)106-60-64-42-34-32-35-43-64/h32,34-35,42-43,63,65-69,77H,6-31,33,36-41,44-62H2,1-5H3,(H,83,93)(H,85,94)(H,86,95)(H,103,104)(H3,82,84,87). The highest BCUT2D eigenvalue weighted by Crippen LogP contribution is 2.43. The molecule has 626 valence electrons. The zero-order valence-electron chi connectivity index (χ0n) is 67.3. The molecule has 29 heteroatoms. The molecule has 7 atom stereocenters. The third-order valence-corrected chi connectivity index (χ3v) is 21.3. The average Bonchev–Trinajstić information content (AvgIpc) is 1.71. The molecule has 7 N–H and O–H groups in total. The predicted molar refractivity (Wildman–Crippen MR) is 422 cm³/mol. The van der Waals surface area contributed by atoms with Gasteiger partial charge < -0.3 is 55.9 Å². The first kappa shape index (κ1) is 97.3. The van der Waals surface area contributed by atoms with Gasteiger partial charge in [0.05, 0.1) is 37.8 Å². The number of rotatable bonds is 66. The van der Waals surface area contributed by atoms with E-state index in [1.807, 2.05) is 13.0 Å². The van der Waals surface area contributed by atoms with Crippen LogP contribution in [0.25, 0.3) is 0 Å². The number of guanidine groups is 1. The number of nitrogens with zero attached hydrogens (tertiary/aromatic N) is 4. The number of esters is 3. The quantitative estimate of drug-likeness (QED) is 0.00515. The van der Waals surface area contributed by atoms with Crippen LogP contribution < -0.4 is 27.0 Å². The Morgan fingerprint density at radius 1 is 0.582 bits per heavy atom. The van der Waals surface area contributed by atoms with Crippen LogP contribution in [0, 0.1) is 27.9 Å². The molecule has 2 fully saturated rings. The Bertz CT molecular complexity index is 2930. The summed E-state index contributed by atoms with van der Waals surface area (Å²) in [5.41, 5.74) is 6.31. The first-order valence-corrected chi connectivity index (χ1v) is 43.4. The zero-order valence-corrected chi connectivity index (χ0v) is 68.2. The number of nitrogens with two attached hydrogens (primary N) is 1. The molecule has 0 bridgehead atoms. The van der Waals surface area contributed by atoms with Crippen LogP contribution >= 0.6 is 7.82 Å². The maximum absolute atomic E-state index is 14.7. The van der Waals surface area contributed by atoms with E-state index in [-0.39, 0.29) is 109 Å². The maximum Gasteiger partial charge on any atom is 0.472 e. The number of unbranched alkanes of at least 4 members (excludes halogenated alkanes) is 26. The van der Waals surface area contributed by atoms with Crippen LogP contribution in [0.2, 0.25) is 0 Å². The SMILES string of the molecule is CCCCCCCCCCCCCCCC(=O)OCC(COP(=O)(O)OCCNC(=O)CCCC(=O)NCC(=O)NC(C(=O)CC(CCCCC)C(=O)N1CCCC1C(=O)N1CCCC1C(=O)CC(CCCN/C(N)=N\[N+](=O)[O-])C(=O)OCc1ccccc1)C(C)C)OC(=O)CCCCCCCCCCCCCCC. The van der Waals surface area contributed by atoms with Crippen molar-refractivity contribution in [3.63, 3.8) is 0 Å². The van der Waals surface area contributed by atoms with Gasteiger partial charge in [0.25, 0.3) is 5.96 Å². The summed E-state index contributed by atoms with van der Waals surface area (Å²) >= 11 is 0. The molecular weight excluding hydrogens is 1430 g/mol. The van der Waals surface area contributed by atoms with E-state index in [4.69, 9.17) is 29.0 Å². The molecule has 0 aromatic heterocycles. The number of hydrazone groups is 1. The van der Waals surface area contributed by atoms with Gasteiger partial charge in [0.15, 0.2) is 22.7 Å². The Morgan fingerprint density at radius 2 is 1.10 bits per heavy atom. The first-order chi connectivity index (χ1) is 53.0. The number of benzene rings is 1. The van der Waals surface area contributed by atoms with Crippen molar-refractivity contribution in [3.8, 4) is 0 Å². The van der Waals surface area contributed by atoms with E-state index in [1.165, 1.54) is 119 Å². The van der Waals surface area contributed by atoms with Crippen molar-refractivity contribution in [2.45, 2.75) is 342 Å². The summed E-state index contributed by atoms with van der Waals surface area (Å²) in [7, 11) is -4.76. The Balaban J connectivity index is 1.47. The van der Waals surface area contributed by atoms with Gasteiger partial charge in [-0.05, 0) is 75.7 Å². The zero-order chi connectivity index (χ0) is 80.6. The second-order valence-corrected chi connectivity index (χ2v) is 31.6. The topological polar surface area (TPSA) is 390 Å². The number of nitro groups is 1. The lowest BCUT2D eigenvalue weighted by Gasteiger charge is -2.33. The monoisotopic (exact) mass is 1570 g/mol. The molecular formula is C81H138N9O19P. The number of likely N-dealkylation sites (tertiary alicyclic amines) is 2. The predicted octanol–water partition coefficient (Wildman–Crippen LogP) is 13.4. The maximum atomic E-state index is 14.7. The van der Waals surface area contributed by atoms with Crippen molar-refractivity contribution < 1.29 is 85.7 Å². The van der Waals surface area contributed by atoms with Gasteiger partial charge in [-0.3, -0.25) is 57.0 Å². The fourth-order valence-corrected chi connectivity index (χ4v) is 14.7. The minimum Gasteiger partial charge on any atom is -0.462 e. The fraction of sp³-hybridized carbons (Fsp3) is 0.790. The van der Waals surface area contributed by atoms with Gasteiger partial charge in [0.2, 0.25) is 29.5 Å². The molecule has 0 aliphatic carbocycles. The molecule has 2 aliphatic rings. The van der Waals surface area contributed by atoms with Gasteiger partial charge >= 0.3 is 25.7 Å². The Kier molecular flexibility index (Phi) is 52.9. The van der Waals surface area contributed by atoms with Crippen LogP contribution in [0.4, 0.5) is 0 Å². The molecule has 110 heavy (non-hydrogen) atoms. The molecule has 0 saturated carbocycles. The van der Waals surface area contributed by atoms with E-state index in [9.17, 15) is 67.5 Å². The lowest BCUT2D eigenvalue weighted by atomic mass is 9.88. The first-order valence-electron chi connectivity index (χ1n) is 41.9. The number of hydrogen-bond donors (Lipinski definition) is 6. The van der Waals surface area contributed by atoms with Crippen molar-refractivity contribution in [1.82, 2.24) is 31.1 Å². The molecule has 1 aromatic rings. The van der Waals surface area contributed by atoms with Crippen molar-refractivity contribution in [1.29, 1.82) is 0 Å². The number of Topliss-reactive ketones (excluding diaryl/α,β-unsaturated/α-hetero) is 2. The molecule has 0 spiro atoms. The Hall–Kier alpha value is -6.90. The summed E-state index contributed by atoms with van der Waals surface area (Å²) in [5.74, 6) is -7.44. The van der Waals surface area contributed by atoms with Gasteiger partial charge in [-0.2, -0.15) is 0 Å².